The minimum atomic E-state index is -0.878. The maximum absolute atomic E-state index is 10.4. The predicted octanol–water partition coefficient (Wildman–Crippen LogP) is 1.99. The second kappa shape index (κ2) is 4.82. The first-order valence-electron chi connectivity index (χ1n) is 5.88. The molecule has 1 aliphatic carbocycles. The van der Waals surface area contributed by atoms with E-state index in [9.17, 15) is 10.2 Å². The predicted molar refractivity (Wildman–Crippen MR) is 64.4 cm³/mol. The standard InChI is InChI=1S/C12H19NO2S/c1-9-2-4-12(15,5-3-9)11(14)6-10-7-13-8-16-10/h7-9,11,14-15H,2-6H2,1H3. The fraction of sp³-hybridized carbons (Fsp3) is 0.750. The molecular weight excluding hydrogens is 222 g/mol. The van der Waals surface area contributed by atoms with Gasteiger partial charge in [-0.2, -0.15) is 0 Å². The van der Waals surface area contributed by atoms with Crippen LogP contribution in [0.5, 0.6) is 0 Å². The summed E-state index contributed by atoms with van der Waals surface area (Å²) in [5, 5.41) is 20.5. The molecule has 0 spiro atoms. The zero-order valence-electron chi connectivity index (χ0n) is 9.59. The van der Waals surface area contributed by atoms with Gasteiger partial charge in [-0.15, -0.1) is 11.3 Å². The van der Waals surface area contributed by atoms with Gasteiger partial charge in [0.15, 0.2) is 0 Å². The Morgan fingerprint density at radius 3 is 2.81 bits per heavy atom. The van der Waals surface area contributed by atoms with Crippen molar-refractivity contribution in [3.8, 4) is 0 Å². The number of thiazole rings is 1. The summed E-state index contributed by atoms with van der Waals surface area (Å²) < 4.78 is 0. The van der Waals surface area contributed by atoms with Crippen LogP contribution in [0.2, 0.25) is 0 Å². The van der Waals surface area contributed by atoms with Crippen LogP contribution in [-0.4, -0.2) is 26.9 Å². The highest BCUT2D eigenvalue weighted by molar-refractivity contribution is 7.09. The third-order valence-electron chi connectivity index (χ3n) is 3.64. The number of aromatic nitrogens is 1. The van der Waals surface area contributed by atoms with E-state index in [2.05, 4.69) is 11.9 Å². The normalized spacial score (nSPS) is 32.6. The Labute approximate surface area is 100 Å². The molecule has 1 aromatic heterocycles. The van der Waals surface area contributed by atoms with Crippen LogP contribution >= 0.6 is 11.3 Å². The molecule has 1 fully saturated rings. The van der Waals surface area contributed by atoms with Crippen molar-refractivity contribution in [3.05, 3.63) is 16.6 Å². The van der Waals surface area contributed by atoms with E-state index in [0.29, 0.717) is 25.2 Å². The maximum Gasteiger partial charge on any atom is 0.0909 e. The Morgan fingerprint density at radius 1 is 1.56 bits per heavy atom. The van der Waals surface area contributed by atoms with Crippen molar-refractivity contribution >= 4 is 11.3 Å². The highest BCUT2D eigenvalue weighted by Crippen LogP contribution is 2.35. The Balaban J connectivity index is 1.95. The first-order chi connectivity index (χ1) is 7.60. The van der Waals surface area contributed by atoms with Crippen LogP contribution < -0.4 is 0 Å². The minimum absolute atomic E-state index is 0.523. The first kappa shape index (κ1) is 12.0. The van der Waals surface area contributed by atoms with Crippen LogP contribution in [0, 0.1) is 5.92 Å². The molecule has 16 heavy (non-hydrogen) atoms. The van der Waals surface area contributed by atoms with Gasteiger partial charge in [-0.3, -0.25) is 4.98 Å². The zero-order chi connectivity index (χ0) is 11.6. The van der Waals surface area contributed by atoms with Gasteiger partial charge in [-0.05, 0) is 31.6 Å². The molecular formula is C12H19NO2S. The van der Waals surface area contributed by atoms with Crippen LogP contribution in [0.25, 0.3) is 0 Å². The van der Waals surface area contributed by atoms with E-state index >= 15 is 0 Å². The van der Waals surface area contributed by atoms with Gasteiger partial charge in [0.1, 0.15) is 0 Å². The quantitative estimate of drug-likeness (QED) is 0.851. The van der Waals surface area contributed by atoms with Gasteiger partial charge in [0, 0.05) is 17.5 Å². The molecule has 1 heterocycles. The van der Waals surface area contributed by atoms with Crippen molar-refractivity contribution in [1.82, 2.24) is 4.98 Å². The fourth-order valence-corrected chi connectivity index (χ4v) is 2.95. The lowest BCUT2D eigenvalue weighted by atomic mass is 9.76. The van der Waals surface area contributed by atoms with E-state index in [-0.39, 0.29) is 0 Å². The monoisotopic (exact) mass is 241 g/mol. The van der Waals surface area contributed by atoms with Gasteiger partial charge in [0.05, 0.1) is 17.2 Å². The molecule has 2 N–H and O–H groups in total. The molecule has 1 saturated carbocycles. The fourth-order valence-electron chi connectivity index (χ4n) is 2.32. The summed E-state index contributed by atoms with van der Waals surface area (Å²) in [4.78, 5) is 5.02. The van der Waals surface area contributed by atoms with Gasteiger partial charge in [-0.25, -0.2) is 0 Å². The SMILES string of the molecule is CC1CCC(O)(C(O)Cc2cncs2)CC1. The number of hydrogen-bond acceptors (Lipinski definition) is 4. The topological polar surface area (TPSA) is 53.4 Å². The average molecular weight is 241 g/mol. The Kier molecular flexibility index (Phi) is 3.62. The summed E-state index contributed by atoms with van der Waals surface area (Å²) in [6.07, 6.45) is 5.09. The van der Waals surface area contributed by atoms with E-state index in [0.717, 1.165) is 17.7 Å². The van der Waals surface area contributed by atoms with Crippen LogP contribution in [0.3, 0.4) is 0 Å². The Hall–Kier alpha value is -0.450. The van der Waals surface area contributed by atoms with Crippen molar-refractivity contribution < 1.29 is 10.2 Å². The van der Waals surface area contributed by atoms with Crippen LogP contribution in [0.1, 0.15) is 37.5 Å². The molecule has 1 aromatic rings. The summed E-state index contributed by atoms with van der Waals surface area (Å²) in [6.45, 7) is 2.20. The molecule has 1 atom stereocenters. The molecule has 90 valence electrons. The molecule has 1 unspecified atom stereocenters. The molecule has 0 bridgehead atoms. The highest BCUT2D eigenvalue weighted by atomic mass is 32.1. The summed E-state index contributed by atoms with van der Waals surface area (Å²) in [7, 11) is 0. The van der Waals surface area contributed by atoms with Gasteiger partial charge in [0.25, 0.3) is 0 Å². The molecule has 0 aliphatic heterocycles. The van der Waals surface area contributed by atoms with Gasteiger partial charge in [0.2, 0.25) is 0 Å². The second-order valence-electron chi connectivity index (χ2n) is 4.97. The van der Waals surface area contributed by atoms with Crippen molar-refractivity contribution in [1.29, 1.82) is 0 Å². The molecule has 4 heteroatoms. The summed E-state index contributed by atoms with van der Waals surface area (Å²) in [5.41, 5.74) is 0.881. The average Bonchev–Trinajstić information content (AvgIpc) is 2.75. The lowest BCUT2D eigenvalue weighted by molar-refractivity contribution is -0.102. The van der Waals surface area contributed by atoms with Crippen molar-refractivity contribution in [2.75, 3.05) is 0 Å². The summed E-state index contributed by atoms with van der Waals surface area (Å²) in [5.74, 6) is 0.677. The second-order valence-corrected chi connectivity index (χ2v) is 5.94. The van der Waals surface area contributed by atoms with Gasteiger partial charge >= 0.3 is 0 Å². The molecule has 2 rings (SSSR count). The van der Waals surface area contributed by atoms with Crippen LogP contribution in [0.15, 0.2) is 11.7 Å². The molecule has 0 radical (unpaired) electrons. The lowest BCUT2D eigenvalue weighted by Crippen LogP contribution is -2.46. The molecule has 0 aromatic carbocycles. The summed E-state index contributed by atoms with van der Waals surface area (Å²) in [6, 6.07) is 0. The van der Waals surface area contributed by atoms with E-state index in [1.165, 1.54) is 11.3 Å². The maximum atomic E-state index is 10.4. The van der Waals surface area contributed by atoms with Crippen LogP contribution in [-0.2, 0) is 6.42 Å². The molecule has 3 nitrogen and oxygen atoms in total. The molecule has 0 amide bonds. The third-order valence-corrected chi connectivity index (χ3v) is 4.44. The third kappa shape index (κ3) is 2.62. The number of hydrogen-bond donors (Lipinski definition) is 2. The van der Waals surface area contributed by atoms with Crippen molar-refractivity contribution in [3.63, 3.8) is 0 Å². The first-order valence-corrected chi connectivity index (χ1v) is 6.76. The van der Waals surface area contributed by atoms with E-state index in [1.54, 1.807) is 11.7 Å². The van der Waals surface area contributed by atoms with Crippen molar-refractivity contribution in [2.45, 2.75) is 50.7 Å². The molecule has 1 aliphatic rings. The van der Waals surface area contributed by atoms with E-state index < -0.39 is 11.7 Å². The van der Waals surface area contributed by atoms with Crippen molar-refractivity contribution in [2.24, 2.45) is 5.92 Å². The Morgan fingerprint density at radius 2 is 2.25 bits per heavy atom. The lowest BCUT2D eigenvalue weighted by Gasteiger charge is -2.38. The van der Waals surface area contributed by atoms with Gasteiger partial charge < -0.3 is 10.2 Å². The number of aliphatic hydroxyl groups is 2. The highest BCUT2D eigenvalue weighted by Gasteiger charge is 2.38. The number of aliphatic hydroxyl groups excluding tert-OH is 1. The minimum Gasteiger partial charge on any atom is -0.390 e. The van der Waals surface area contributed by atoms with Crippen LogP contribution in [0.4, 0.5) is 0 Å². The molecule has 0 saturated heterocycles. The zero-order valence-corrected chi connectivity index (χ0v) is 10.4. The summed E-state index contributed by atoms with van der Waals surface area (Å²) >= 11 is 1.53. The van der Waals surface area contributed by atoms with E-state index in [1.807, 2.05) is 0 Å². The largest absolute Gasteiger partial charge is 0.390 e. The number of nitrogens with zero attached hydrogens (tertiary/aromatic N) is 1. The van der Waals surface area contributed by atoms with E-state index in [4.69, 9.17) is 0 Å². The Bertz CT molecular complexity index is 318. The van der Waals surface area contributed by atoms with Gasteiger partial charge in [-0.1, -0.05) is 6.92 Å². The smallest absolute Gasteiger partial charge is 0.0909 e. The number of rotatable bonds is 3.